The van der Waals surface area contributed by atoms with Gasteiger partial charge in [0.15, 0.2) is 0 Å². The van der Waals surface area contributed by atoms with E-state index in [0.717, 1.165) is 22.3 Å². The van der Waals surface area contributed by atoms with Crippen LogP contribution in [0.1, 0.15) is 28.2 Å². The first-order chi connectivity index (χ1) is 15.3. The summed E-state index contributed by atoms with van der Waals surface area (Å²) in [6.45, 7) is 1.93. The monoisotopic (exact) mass is 454 g/mol. The van der Waals surface area contributed by atoms with Crippen LogP contribution in [0.2, 0.25) is 0 Å². The molecular weight excluding hydrogens is 431 g/mol. The second-order valence-corrected chi connectivity index (χ2v) is 8.97. The lowest BCUT2D eigenvalue weighted by Crippen LogP contribution is -2.26. The van der Waals surface area contributed by atoms with Crippen molar-refractivity contribution < 1.29 is 21.8 Å². The van der Waals surface area contributed by atoms with E-state index in [0.29, 0.717) is 16.8 Å². The molecule has 3 aromatic rings. The summed E-state index contributed by atoms with van der Waals surface area (Å²) in [5, 5.41) is 5.48. The number of fused-ring (bicyclic) bond motifs is 3. The van der Waals surface area contributed by atoms with Gasteiger partial charge in [0, 0.05) is 25.2 Å². The number of benzene rings is 3. The summed E-state index contributed by atoms with van der Waals surface area (Å²) in [5.41, 5.74) is 6.13. The Morgan fingerprint density at radius 1 is 1.03 bits per heavy atom. The highest BCUT2D eigenvalue weighted by molar-refractivity contribution is 7.86. The van der Waals surface area contributed by atoms with Gasteiger partial charge in [0.25, 0.3) is 0 Å². The molecule has 4 rings (SSSR count). The van der Waals surface area contributed by atoms with Crippen molar-refractivity contribution in [2.75, 3.05) is 19.0 Å². The lowest BCUT2D eigenvalue weighted by Gasteiger charge is -2.16. The third kappa shape index (κ3) is 4.18. The molecule has 6 nitrogen and oxygen atoms in total. The maximum atomic E-state index is 13.5. The maximum absolute atomic E-state index is 13.5. The molecule has 0 unspecified atom stereocenters. The number of nitrogens with one attached hydrogen (secondary N) is 2. The van der Waals surface area contributed by atoms with Gasteiger partial charge in [-0.25, -0.2) is 4.79 Å². The molecule has 0 spiro atoms. The quantitative estimate of drug-likeness (QED) is 0.526. The molecule has 0 saturated carbocycles. The predicted octanol–water partition coefficient (Wildman–Crippen LogP) is 4.73. The maximum Gasteiger partial charge on any atom is 0.407 e. The highest BCUT2D eigenvalue weighted by Gasteiger charge is 2.29. The van der Waals surface area contributed by atoms with Crippen LogP contribution >= 0.6 is 0 Å². The summed E-state index contributed by atoms with van der Waals surface area (Å²) < 4.78 is 41.7. The fourth-order valence-electron chi connectivity index (χ4n) is 4.15. The van der Waals surface area contributed by atoms with Gasteiger partial charge in [-0.05, 0) is 52.4 Å². The van der Waals surface area contributed by atoms with Crippen molar-refractivity contribution in [3.05, 3.63) is 82.9 Å². The molecular formula is C24H23FN2O4S. The Bertz CT molecular complexity index is 1250. The average molecular weight is 455 g/mol. The van der Waals surface area contributed by atoms with Crippen LogP contribution in [0.3, 0.4) is 0 Å². The minimum Gasteiger partial charge on any atom is -0.449 e. The first-order valence-corrected chi connectivity index (χ1v) is 11.5. The molecule has 8 heteroatoms. The lowest BCUT2D eigenvalue weighted by molar-refractivity contribution is 0.142. The predicted molar refractivity (Wildman–Crippen MR) is 121 cm³/mol. The Morgan fingerprint density at radius 3 is 2.19 bits per heavy atom. The van der Waals surface area contributed by atoms with Crippen molar-refractivity contribution in [3.63, 3.8) is 0 Å². The molecule has 0 bridgehead atoms. The number of alkyl carbamates (subject to hydrolysis) is 1. The van der Waals surface area contributed by atoms with E-state index in [-0.39, 0.29) is 19.1 Å². The van der Waals surface area contributed by atoms with Gasteiger partial charge in [-0.15, -0.1) is 3.89 Å². The van der Waals surface area contributed by atoms with E-state index in [4.69, 9.17) is 4.74 Å². The Morgan fingerprint density at radius 2 is 1.62 bits per heavy atom. The Labute approximate surface area is 186 Å². The van der Waals surface area contributed by atoms with Crippen LogP contribution in [0.4, 0.5) is 14.4 Å². The molecule has 0 atom stereocenters. The van der Waals surface area contributed by atoms with E-state index >= 15 is 0 Å². The van der Waals surface area contributed by atoms with Crippen LogP contribution in [-0.2, 0) is 21.5 Å². The van der Waals surface area contributed by atoms with E-state index in [1.807, 2.05) is 36.4 Å². The van der Waals surface area contributed by atoms with Crippen LogP contribution < -0.4 is 10.6 Å². The molecule has 166 valence electrons. The topological polar surface area (TPSA) is 84.5 Å². The van der Waals surface area contributed by atoms with Crippen LogP contribution in [0.15, 0.2) is 65.6 Å². The van der Waals surface area contributed by atoms with Gasteiger partial charge < -0.3 is 15.4 Å². The van der Waals surface area contributed by atoms with Gasteiger partial charge in [-0.3, -0.25) is 0 Å². The molecule has 32 heavy (non-hydrogen) atoms. The van der Waals surface area contributed by atoms with Gasteiger partial charge in [0.1, 0.15) is 11.5 Å². The van der Waals surface area contributed by atoms with Gasteiger partial charge in [-0.1, -0.05) is 48.5 Å². The van der Waals surface area contributed by atoms with Crippen LogP contribution in [0, 0.1) is 6.92 Å². The molecule has 0 aromatic heterocycles. The molecule has 0 fully saturated rings. The van der Waals surface area contributed by atoms with E-state index < -0.39 is 21.2 Å². The number of amides is 1. The molecule has 1 aliphatic carbocycles. The van der Waals surface area contributed by atoms with E-state index in [1.54, 1.807) is 14.0 Å². The van der Waals surface area contributed by atoms with Crippen LogP contribution in [0.5, 0.6) is 0 Å². The van der Waals surface area contributed by atoms with Gasteiger partial charge in [0.05, 0.1) is 0 Å². The fourth-order valence-corrected chi connectivity index (χ4v) is 4.69. The Hall–Kier alpha value is -3.39. The first kappa shape index (κ1) is 21.8. The third-order valence-electron chi connectivity index (χ3n) is 5.81. The van der Waals surface area contributed by atoms with Crippen LogP contribution in [0.25, 0.3) is 11.1 Å². The number of carbonyl (C=O) groups excluding carboxylic acids is 1. The van der Waals surface area contributed by atoms with Gasteiger partial charge in [0.2, 0.25) is 0 Å². The van der Waals surface area contributed by atoms with Crippen molar-refractivity contribution >= 4 is 22.0 Å². The van der Waals surface area contributed by atoms with Crippen molar-refractivity contribution in [2.45, 2.75) is 24.3 Å². The summed E-state index contributed by atoms with van der Waals surface area (Å²) >= 11 is 0. The molecule has 0 saturated heterocycles. The number of anilines is 1. The number of ether oxygens (including phenoxy) is 1. The molecule has 0 radical (unpaired) electrons. The number of rotatable bonds is 6. The minimum absolute atomic E-state index is 0.000543. The largest absolute Gasteiger partial charge is 0.449 e. The summed E-state index contributed by atoms with van der Waals surface area (Å²) in [6, 6.07) is 18.5. The number of hydrogen-bond acceptors (Lipinski definition) is 5. The molecule has 1 amide bonds. The normalized spacial score (nSPS) is 12.7. The average Bonchev–Trinajstić information content (AvgIpc) is 3.10. The van der Waals surface area contributed by atoms with Gasteiger partial charge in [-0.2, -0.15) is 8.42 Å². The standard InChI is InChI=1S/C24H23FN2O4S/c1-15-16(11-17(32(25,29)30)12-23(15)26-2)13-27-24(28)31-14-22-20-9-5-3-7-18(20)19-8-4-6-10-21(19)22/h3-12,22,26H,13-14H2,1-2H3,(H,27,28). The zero-order valence-electron chi connectivity index (χ0n) is 17.7. The fraction of sp³-hybridized carbons (Fsp3) is 0.208. The first-order valence-electron chi connectivity index (χ1n) is 10.1. The second kappa shape index (κ2) is 8.63. The van der Waals surface area contributed by atoms with Crippen LogP contribution in [-0.4, -0.2) is 28.2 Å². The number of halogens is 1. The summed E-state index contributed by atoms with van der Waals surface area (Å²) in [6.07, 6.45) is -0.634. The minimum atomic E-state index is -4.88. The van der Waals surface area contributed by atoms with Crippen molar-refractivity contribution in [3.8, 4) is 11.1 Å². The number of carbonyl (C=O) groups is 1. The number of hydrogen-bond donors (Lipinski definition) is 2. The third-order valence-corrected chi connectivity index (χ3v) is 6.61. The zero-order valence-corrected chi connectivity index (χ0v) is 18.5. The SMILES string of the molecule is CNc1cc(S(=O)(=O)F)cc(CNC(=O)OCC2c3ccccc3-c3ccccc32)c1C. The molecule has 1 aliphatic rings. The van der Waals surface area contributed by atoms with Crippen molar-refractivity contribution in [1.29, 1.82) is 0 Å². The molecule has 3 aromatic carbocycles. The molecule has 0 heterocycles. The molecule has 2 N–H and O–H groups in total. The van der Waals surface area contributed by atoms with Crippen molar-refractivity contribution in [2.24, 2.45) is 0 Å². The zero-order chi connectivity index (χ0) is 22.9. The van der Waals surface area contributed by atoms with Crippen molar-refractivity contribution in [1.82, 2.24) is 5.32 Å². The highest BCUT2D eigenvalue weighted by Crippen LogP contribution is 2.44. The summed E-state index contributed by atoms with van der Waals surface area (Å²) in [5.74, 6) is -0.0641. The second-order valence-electron chi connectivity index (χ2n) is 7.62. The summed E-state index contributed by atoms with van der Waals surface area (Å²) in [7, 11) is -3.26. The Balaban J connectivity index is 1.46. The molecule has 0 aliphatic heterocycles. The Kier molecular flexibility index (Phi) is 5.88. The van der Waals surface area contributed by atoms with Gasteiger partial charge >= 0.3 is 16.3 Å². The van der Waals surface area contributed by atoms with E-state index in [2.05, 4.69) is 22.8 Å². The highest BCUT2D eigenvalue weighted by atomic mass is 32.3. The lowest BCUT2D eigenvalue weighted by atomic mass is 9.98. The van der Waals surface area contributed by atoms with E-state index in [1.165, 1.54) is 12.1 Å². The summed E-state index contributed by atoms with van der Waals surface area (Å²) in [4.78, 5) is 11.9. The smallest absolute Gasteiger partial charge is 0.407 e. The van der Waals surface area contributed by atoms with E-state index in [9.17, 15) is 17.1 Å².